The summed E-state index contributed by atoms with van der Waals surface area (Å²) in [6.07, 6.45) is 2.90. The first-order chi connectivity index (χ1) is 9.59. The Bertz CT molecular complexity index is 540. The lowest BCUT2D eigenvalue weighted by Crippen LogP contribution is -2.55. The molecule has 3 amide bonds. The molecule has 3 rings (SSSR count). The van der Waals surface area contributed by atoms with Crippen molar-refractivity contribution < 1.29 is 9.59 Å². The highest BCUT2D eigenvalue weighted by molar-refractivity contribution is 6.30. The molecule has 106 valence electrons. The second kappa shape index (κ2) is 4.98. The second-order valence-electron chi connectivity index (χ2n) is 5.34. The summed E-state index contributed by atoms with van der Waals surface area (Å²) < 4.78 is 0. The topological polar surface area (TPSA) is 70.2 Å². The van der Waals surface area contributed by atoms with Crippen molar-refractivity contribution in [2.24, 2.45) is 0 Å². The van der Waals surface area contributed by atoms with Gasteiger partial charge in [0.05, 0.1) is 5.54 Å². The Labute approximate surface area is 122 Å². The van der Waals surface area contributed by atoms with Crippen LogP contribution in [0.4, 0.5) is 4.79 Å². The molecule has 1 atom stereocenters. The predicted molar refractivity (Wildman–Crippen MR) is 75.4 cm³/mol. The molecule has 1 saturated carbocycles. The number of urea groups is 1. The van der Waals surface area contributed by atoms with Crippen LogP contribution in [0.5, 0.6) is 0 Å². The molecule has 1 aliphatic carbocycles. The van der Waals surface area contributed by atoms with E-state index in [9.17, 15) is 9.59 Å². The van der Waals surface area contributed by atoms with Crippen molar-refractivity contribution in [3.8, 4) is 0 Å². The van der Waals surface area contributed by atoms with Gasteiger partial charge in [0.15, 0.2) is 0 Å². The minimum absolute atomic E-state index is 0.141. The molecular formula is C14H16ClN3O2. The zero-order chi connectivity index (χ0) is 14.2. The van der Waals surface area contributed by atoms with E-state index in [4.69, 9.17) is 11.6 Å². The van der Waals surface area contributed by atoms with Gasteiger partial charge in [-0.3, -0.25) is 4.79 Å². The molecule has 1 aromatic carbocycles. The van der Waals surface area contributed by atoms with E-state index in [0.717, 1.165) is 24.8 Å². The number of halogens is 1. The van der Waals surface area contributed by atoms with Crippen molar-refractivity contribution >= 4 is 23.5 Å². The van der Waals surface area contributed by atoms with Gasteiger partial charge in [-0.1, -0.05) is 23.7 Å². The molecule has 0 radical (unpaired) electrons. The fourth-order valence-corrected chi connectivity index (χ4v) is 2.85. The first-order valence-corrected chi connectivity index (χ1v) is 7.09. The molecular weight excluding hydrogens is 278 g/mol. The normalized spacial score (nSPS) is 23.4. The Morgan fingerprint density at radius 2 is 2.00 bits per heavy atom. The smallest absolute Gasteiger partial charge is 0.315 e. The summed E-state index contributed by atoms with van der Waals surface area (Å²) >= 11 is 5.91. The van der Waals surface area contributed by atoms with Crippen LogP contribution in [0.1, 0.15) is 24.8 Å². The molecule has 6 heteroatoms. The van der Waals surface area contributed by atoms with Crippen LogP contribution in [-0.4, -0.2) is 24.5 Å². The zero-order valence-electron chi connectivity index (χ0n) is 10.9. The van der Waals surface area contributed by atoms with Gasteiger partial charge in [-0.25, -0.2) is 4.79 Å². The van der Waals surface area contributed by atoms with Gasteiger partial charge in [0, 0.05) is 11.6 Å². The highest BCUT2D eigenvalue weighted by Gasteiger charge is 2.42. The summed E-state index contributed by atoms with van der Waals surface area (Å²) in [6.45, 7) is 0.335. The van der Waals surface area contributed by atoms with E-state index >= 15 is 0 Å². The quantitative estimate of drug-likeness (QED) is 0.791. The Morgan fingerprint density at radius 1 is 1.30 bits per heavy atom. The van der Waals surface area contributed by atoms with Gasteiger partial charge in [0.25, 0.3) is 0 Å². The van der Waals surface area contributed by atoms with Crippen molar-refractivity contribution in [1.29, 1.82) is 0 Å². The Morgan fingerprint density at radius 3 is 2.50 bits per heavy atom. The molecule has 5 nitrogen and oxygen atoms in total. The Balaban J connectivity index is 1.74. The summed E-state index contributed by atoms with van der Waals surface area (Å²) in [5.41, 5.74) is 0.758. The van der Waals surface area contributed by atoms with Crippen LogP contribution >= 0.6 is 11.6 Å². The highest BCUT2D eigenvalue weighted by atomic mass is 35.5. The summed E-state index contributed by atoms with van der Waals surface area (Å²) in [7, 11) is 0. The van der Waals surface area contributed by atoms with Gasteiger partial charge in [-0.05, 0) is 37.0 Å². The first kappa shape index (κ1) is 13.2. The van der Waals surface area contributed by atoms with E-state index in [0.29, 0.717) is 11.6 Å². The van der Waals surface area contributed by atoms with Gasteiger partial charge in [0.1, 0.15) is 6.04 Å². The lowest BCUT2D eigenvalue weighted by molar-refractivity contribution is -0.125. The molecule has 0 spiro atoms. The zero-order valence-corrected chi connectivity index (χ0v) is 11.7. The van der Waals surface area contributed by atoms with E-state index < -0.39 is 6.04 Å². The average Bonchev–Trinajstić information content (AvgIpc) is 2.82. The predicted octanol–water partition coefficient (Wildman–Crippen LogP) is 1.52. The number of benzene rings is 1. The average molecular weight is 294 g/mol. The van der Waals surface area contributed by atoms with Gasteiger partial charge in [-0.2, -0.15) is 0 Å². The molecule has 1 aliphatic heterocycles. The third kappa shape index (κ3) is 2.33. The molecule has 1 unspecified atom stereocenters. The van der Waals surface area contributed by atoms with E-state index in [-0.39, 0.29) is 17.5 Å². The lowest BCUT2D eigenvalue weighted by atomic mass is 9.71. The molecule has 1 aromatic rings. The van der Waals surface area contributed by atoms with Gasteiger partial charge < -0.3 is 16.0 Å². The minimum Gasteiger partial charge on any atom is -0.345 e. The monoisotopic (exact) mass is 293 g/mol. The maximum absolute atomic E-state index is 12.2. The van der Waals surface area contributed by atoms with Crippen molar-refractivity contribution in [2.75, 3.05) is 6.54 Å². The van der Waals surface area contributed by atoms with Crippen LogP contribution in [0.3, 0.4) is 0 Å². The van der Waals surface area contributed by atoms with Crippen LogP contribution in [0.15, 0.2) is 24.3 Å². The second-order valence-corrected chi connectivity index (χ2v) is 5.78. The SMILES string of the molecule is O=C1NCC(C(=O)NC2(c3ccc(Cl)cc3)CCC2)N1. The van der Waals surface area contributed by atoms with E-state index in [1.54, 1.807) is 0 Å². The number of rotatable bonds is 3. The number of carbonyl (C=O) groups is 2. The molecule has 1 heterocycles. The lowest BCUT2D eigenvalue weighted by Gasteiger charge is -2.43. The fourth-order valence-electron chi connectivity index (χ4n) is 2.72. The Kier molecular flexibility index (Phi) is 3.30. The van der Waals surface area contributed by atoms with Crippen LogP contribution in [0, 0.1) is 0 Å². The van der Waals surface area contributed by atoms with E-state index in [1.165, 1.54) is 0 Å². The number of carbonyl (C=O) groups excluding carboxylic acids is 2. The number of amides is 3. The molecule has 1 saturated heterocycles. The fraction of sp³-hybridized carbons (Fsp3) is 0.429. The number of hydrogen-bond acceptors (Lipinski definition) is 2. The van der Waals surface area contributed by atoms with E-state index in [1.807, 2.05) is 24.3 Å². The molecule has 3 N–H and O–H groups in total. The molecule has 0 aromatic heterocycles. The largest absolute Gasteiger partial charge is 0.345 e. The van der Waals surface area contributed by atoms with Gasteiger partial charge >= 0.3 is 6.03 Å². The Hall–Kier alpha value is -1.75. The first-order valence-electron chi connectivity index (χ1n) is 6.71. The van der Waals surface area contributed by atoms with Crippen molar-refractivity contribution in [1.82, 2.24) is 16.0 Å². The van der Waals surface area contributed by atoms with Crippen LogP contribution < -0.4 is 16.0 Å². The molecule has 20 heavy (non-hydrogen) atoms. The summed E-state index contributed by atoms with van der Waals surface area (Å²) in [5, 5.41) is 8.97. The van der Waals surface area contributed by atoms with Gasteiger partial charge in [-0.15, -0.1) is 0 Å². The van der Waals surface area contributed by atoms with Crippen LogP contribution in [0.25, 0.3) is 0 Å². The molecule has 2 fully saturated rings. The van der Waals surface area contributed by atoms with Crippen LogP contribution in [0.2, 0.25) is 5.02 Å². The third-order valence-electron chi connectivity index (χ3n) is 4.05. The summed E-state index contributed by atoms with van der Waals surface area (Å²) in [4.78, 5) is 23.3. The van der Waals surface area contributed by atoms with Crippen LogP contribution in [-0.2, 0) is 10.3 Å². The maximum Gasteiger partial charge on any atom is 0.315 e. The molecule has 2 aliphatic rings. The summed E-state index contributed by atoms with van der Waals surface area (Å²) in [6, 6.07) is 6.79. The van der Waals surface area contributed by atoms with Crippen molar-refractivity contribution in [2.45, 2.75) is 30.8 Å². The van der Waals surface area contributed by atoms with E-state index in [2.05, 4.69) is 16.0 Å². The maximum atomic E-state index is 12.2. The standard InChI is InChI=1S/C14H16ClN3O2/c15-10-4-2-9(3-5-10)14(6-1-7-14)18-12(19)11-8-16-13(20)17-11/h2-5,11H,1,6-8H2,(H,18,19)(H2,16,17,20). The van der Waals surface area contributed by atoms with Crippen molar-refractivity contribution in [3.05, 3.63) is 34.9 Å². The number of hydrogen-bond donors (Lipinski definition) is 3. The summed E-state index contributed by atoms with van der Waals surface area (Å²) in [5.74, 6) is -0.141. The molecule has 0 bridgehead atoms. The third-order valence-corrected chi connectivity index (χ3v) is 4.31. The van der Waals surface area contributed by atoms with Gasteiger partial charge in [0.2, 0.25) is 5.91 Å². The minimum atomic E-state index is -0.493. The highest BCUT2D eigenvalue weighted by Crippen LogP contribution is 2.41. The number of nitrogens with one attached hydrogen (secondary N) is 3. The van der Waals surface area contributed by atoms with Crippen molar-refractivity contribution in [3.63, 3.8) is 0 Å².